The third kappa shape index (κ3) is 4.11. The highest BCUT2D eigenvalue weighted by Crippen LogP contribution is 2.31. The molecule has 0 saturated carbocycles. The molecule has 27 heavy (non-hydrogen) atoms. The number of aromatic nitrogens is 2. The van der Waals surface area contributed by atoms with E-state index in [0.29, 0.717) is 24.9 Å². The third-order valence-corrected chi connectivity index (χ3v) is 4.57. The second-order valence-corrected chi connectivity index (χ2v) is 6.70. The van der Waals surface area contributed by atoms with E-state index < -0.39 is 0 Å². The first-order valence-corrected chi connectivity index (χ1v) is 9.21. The molecule has 3 aromatic rings. The first kappa shape index (κ1) is 17.5. The van der Waals surface area contributed by atoms with Crippen molar-refractivity contribution in [3.8, 4) is 23.0 Å². The van der Waals surface area contributed by atoms with Crippen LogP contribution in [0.15, 0.2) is 52.9 Å². The van der Waals surface area contributed by atoms with Crippen LogP contribution in [0.3, 0.4) is 0 Å². The van der Waals surface area contributed by atoms with E-state index >= 15 is 0 Å². The number of nitrogens with zero attached hydrogens (tertiary/aromatic N) is 3. The summed E-state index contributed by atoms with van der Waals surface area (Å²) in [6.45, 7) is 6.85. The zero-order valence-corrected chi connectivity index (χ0v) is 15.6. The minimum absolute atomic E-state index is 0.0287. The highest BCUT2D eigenvalue weighted by atomic mass is 16.6. The van der Waals surface area contributed by atoms with Gasteiger partial charge < -0.3 is 13.9 Å². The van der Waals surface area contributed by atoms with E-state index in [0.717, 1.165) is 35.7 Å². The average Bonchev–Trinajstić information content (AvgIpc) is 3.16. The summed E-state index contributed by atoms with van der Waals surface area (Å²) in [5, 5.41) is 8.40. The van der Waals surface area contributed by atoms with E-state index in [2.05, 4.69) is 22.0 Å². The van der Waals surface area contributed by atoms with E-state index in [9.17, 15) is 0 Å². The second kappa shape index (κ2) is 7.80. The molecule has 2 heterocycles. The van der Waals surface area contributed by atoms with Gasteiger partial charge in [-0.2, -0.15) is 0 Å². The van der Waals surface area contributed by atoms with Gasteiger partial charge in [-0.3, -0.25) is 4.90 Å². The van der Waals surface area contributed by atoms with Crippen LogP contribution in [0.4, 0.5) is 0 Å². The highest BCUT2D eigenvalue weighted by molar-refractivity contribution is 5.53. The highest BCUT2D eigenvalue weighted by Gasteiger charge is 2.23. The fourth-order valence-corrected chi connectivity index (χ4v) is 3.15. The van der Waals surface area contributed by atoms with Crippen LogP contribution >= 0.6 is 0 Å². The second-order valence-electron chi connectivity index (χ2n) is 6.70. The molecule has 4 rings (SSSR count). The van der Waals surface area contributed by atoms with Crippen molar-refractivity contribution in [2.24, 2.45) is 0 Å². The number of aryl methyl sites for hydroxylation is 1. The molecular weight excluding hydrogens is 342 g/mol. The number of likely N-dealkylation sites (N-methyl/N-ethyl adjacent to an activating group) is 1. The Hall–Kier alpha value is -2.86. The molecule has 0 amide bonds. The quantitative estimate of drug-likeness (QED) is 0.664. The molecule has 0 bridgehead atoms. The zero-order chi connectivity index (χ0) is 18.6. The summed E-state index contributed by atoms with van der Waals surface area (Å²) in [6.07, 6.45) is -0.0287. The number of hydrogen-bond acceptors (Lipinski definition) is 6. The van der Waals surface area contributed by atoms with Gasteiger partial charge in [-0.05, 0) is 37.7 Å². The van der Waals surface area contributed by atoms with Gasteiger partial charge >= 0.3 is 0 Å². The standard InChI is InChI=1S/C21H23N3O3/c1-3-24(12-17-14-25-18-9-4-5-10-19(18)26-17)13-20-22-23-21(27-20)16-8-6-7-15(2)11-16/h4-11,17H,3,12-14H2,1-2H3. The molecule has 0 radical (unpaired) electrons. The topological polar surface area (TPSA) is 60.6 Å². The molecule has 1 aliphatic heterocycles. The summed E-state index contributed by atoms with van der Waals surface area (Å²) in [4.78, 5) is 2.22. The van der Waals surface area contributed by atoms with Crippen LogP contribution < -0.4 is 9.47 Å². The number of ether oxygens (including phenoxy) is 2. The first-order valence-electron chi connectivity index (χ1n) is 9.21. The summed E-state index contributed by atoms with van der Waals surface area (Å²) in [5.74, 6) is 2.75. The van der Waals surface area contributed by atoms with Crippen molar-refractivity contribution >= 4 is 0 Å². The van der Waals surface area contributed by atoms with Crippen LogP contribution in [0.1, 0.15) is 18.4 Å². The van der Waals surface area contributed by atoms with Crippen molar-refractivity contribution < 1.29 is 13.9 Å². The number of benzene rings is 2. The minimum atomic E-state index is -0.0287. The molecule has 1 atom stereocenters. The minimum Gasteiger partial charge on any atom is -0.486 e. The molecule has 2 aromatic carbocycles. The maximum absolute atomic E-state index is 6.06. The number of rotatable bonds is 6. The third-order valence-electron chi connectivity index (χ3n) is 4.57. The SMILES string of the molecule is CCN(Cc1nnc(-c2cccc(C)c2)o1)CC1COc2ccccc2O1. The lowest BCUT2D eigenvalue weighted by atomic mass is 10.1. The molecule has 1 aromatic heterocycles. The molecule has 0 saturated heterocycles. The van der Waals surface area contributed by atoms with E-state index in [4.69, 9.17) is 13.9 Å². The van der Waals surface area contributed by atoms with Crippen LogP contribution in [-0.2, 0) is 6.54 Å². The lowest BCUT2D eigenvalue weighted by Crippen LogP contribution is -2.40. The Morgan fingerprint density at radius 2 is 1.93 bits per heavy atom. The predicted molar refractivity (Wildman–Crippen MR) is 102 cm³/mol. The van der Waals surface area contributed by atoms with Crippen molar-refractivity contribution in [2.45, 2.75) is 26.5 Å². The number of fused-ring (bicyclic) bond motifs is 1. The predicted octanol–water partition coefficient (Wildman–Crippen LogP) is 3.71. The van der Waals surface area contributed by atoms with E-state index in [-0.39, 0.29) is 6.10 Å². The molecule has 0 N–H and O–H groups in total. The van der Waals surface area contributed by atoms with Crippen LogP contribution in [0.25, 0.3) is 11.5 Å². The lowest BCUT2D eigenvalue weighted by Gasteiger charge is -2.30. The Balaban J connectivity index is 1.40. The zero-order valence-electron chi connectivity index (χ0n) is 15.6. The number of para-hydroxylation sites is 2. The lowest BCUT2D eigenvalue weighted by molar-refractivity contribution is 0.0558. The summed E-state index contributed by atoms with van der Waals surface area (Å²) in [7, 11) is 0. The smallest absolute Gasteiger partial charge is 0.247 e. The summed E-state index contributed by atoms with van der Waals surface area (Å²) in [5.41, 5.74) is 2.11. The average molecular weight is 365 g/mol. The van der Waals surface area contributed by atoms with E-state index in [1.54, 1.807) is 0 Å². The fourth-order valence-electron chi connectivity index (χ4n) is 3.15. The van der Waals surface area contributed by atoms with Gasteiger partial charge in [0.25, 0.3) is 0 Å². The monoisotopic (exact) mass is 365 g/mol. The fraction of sp³-hybridized carbons (Fsp3) is 0.333. The van der Waals surface area contributed by atoms with Gasteiger partial charge in [-0.1, -0.05) is 36.8 Å². The maximum Gasteiger partial charge on any atom is 0.247 e. The molecule has 6 heteroatoms. The molecule has 1 aliphatic rings. The van der Waals surface area contributed by atoms with Crippen molar-refractivity contribution in [1.82, 2.24) is 15.1 Å². The normalized spacial score (nSPS) is 15.9. The van der Waals surface area contributed by atoms with Crippen molar-refractivity contribution in [2.75, 3.05) is 19.7 Å². The van der Waals surface area contributed by atoms with Gasteiger partial charge in [0.05, 0.1) is 6.54 Å². The van der Waals surface area contributed by atoms with Crippen LogP contribution in [0.5, 0.6) is 11.5 Å². The largest absolute Gasteiger partial charge is 0.486 e. The van der Waals surface area contributed by atoms with Gasteiger partial charge in [-0.25, -0.2) is 0 Å². The van der Waals surface area contributed by atoms with Crippen molar-refractivity contribution in [1.29, 1.82) is 0 Å². The van der Waals surface area contributed by atoms with Crippen LogP contribution in [-0.4, -0.2) is 40.9 Å². The van der Waals surface area contributed by atoms with Crippen molar-refractivity contribution in [3.05, 3.63) is 60.0 Å². The van der Waals surface area contributed by atoms with E-state index in [1.165, 1.54) is 0 Å². The number of hydrogen-bond donors (Lipinski definition) is 0. The van der Waals surface area contributed by atoms with Gasteiger partial charge in [0, 0.05) is 12.1 Å². The van der Waals surface area contributed by atoms with Gasteiger partial charge in [-0.15, -0.1) is 10.2 Å². The Morgan fingerprint density at radius 1 is 1.07 bits per heavy atom. The molecule has 0 aliphatic carbocycles. The summed E-state index contributed by atoms with van der Waals surface area (Å²) < 4.78 is 17.7. The van der Waals surface area contributed by atoms with Crippen LogP contribution in [0.2, 0.25) is 0 Å². The Kier molecular flexibility index (Phi) is 5.07. The molecule has 0 fully saturated rings. The maximum atomic E-state index is 6.06. The summed E-state index contributed by atoms with van der Waals surface area (Å²) >= 11 is 0. The Morgan fingerprint density at radius 3 is 2.74 bits per heavy atom. The molecule has 140 valence electrons. The summed E-state index contributed by atoms with van der Waals surface area (Å²) in [6, 6.07) is 15.8. The van der Waals surface area contributed by atoms with Crippen molar-refractivity contribution in [3.63, 3.8) is 0 Å². The first-order chi connectivity index (χ1) is 13.2. The van der Waals surface area contributed by atoms with Gasteiger partial charge in [0.1, 0.15) is 12.7 Å². The van der Waals surface area contributed by atoms with Gasteiger partial charge in [0.2, 0.25) is 11.8 Å². The van der Waals surface area contributed by atoms with Crippen LogP contribution in [0, 0.1) is 6.92 Å². The molecular formula is C21H23N3O3. The molecule has 0 spiro atoms. The molecule has 6 nitrogen and oxygen atoms in total. The van der Waals surface area contributed by atoms with Gasteiger partial charge in [0.15, 0.2) is 11.5 Å². The Labute approximate surface area is 158 Å². The Bertz CT molecular complexity index is 909. The van der Waals surface area contributed by atoms with E-state index in [1.807, 2.05) is 55.5 Å². The molecule has 1 unspecified atom stereocenters.